The van der Waals surface area contributed by atoms with Gasteiger partial charge in [-0.15, -0.1) is 0 Å². The summed E-state index contributed by atoms with van der Waals surface area (Å²) in [7, 11) is 4.74. The highest BCUT2D eigenvalue weighted by Gasteiger charge is 2.45. The maximum Gasteiger partial charge on any atom is 0.351 e. The molecule has 0 bridgehead atoms. The largest absolute Gasteiger partial charge is 0.481 e. The molecule has 16 heteroatoms. The standard InChI is InChI=1S/C38H51F3N8O5/c1-7-28(33(46-34(50)24(3)21-44-42-4)36(52)49-18-16-48(5)17-19-49)26-12-14-30(29(39)20-26)45-35(51)32(25-10-8-23(2)9-11-25)47-37(53)38(40,41)27-13-15-31(54-6)43-22-27/h12-15,20-23,25,28,32-33H,7-11,16-19H2,1-6H3,(H,45,51)(H,46,50)(H,47,53)/b24-21+,44-42-/t23?,25?,28-,32-,33?/m0/s1. The summed E-state index contributed by atoms with van der Waals surface area (Å²) in [4.78, 5) is 61.5. The molecule has 2 aliphatic rings. The lowest BCUT2D eigenvalue weighted by molar-refractivity contribution is -0.149. The van der Waals surface area contributed by atoms with Gasteiger partial charge in [0.15, 0.2) is 0 Å². The topological polar surface area (TPSA) is 158 Å². The molecule has 1 aliphatic carbocycles. The van der Waals surface area contributed by atoms with Gasteiger partial charge in [-0.1, -0.05) is 32.8 Å². The summed E-state index contributed by atoms with van der Waals surface area (Å²) in [6, 6.07) is 3.87. The molecule has 4 rings (SSSR count). The van der Waals surface area contributed by atoms with Gasteiger partial charge in [-0.2, -0.15) is 19.0 Å². The van der Waals surface area contributed by atoms with Crippen LogP contribution in [-0.2, 0) is 25.1 Å². The second-order valence-corrected chi connectivity index (χ2v) is 14.1. The van der Waals surface area contributed by atoms with E-state index in [4.69, 9.17) is 4.74 Å². The average molecular weight is 757 g/mol. The number of carbonyl (C=O) groups is 4. The van der Waals surface area contributed by atoms with Crippen LogP contribution in [0.25, 0.3) is 0 Å². The normalized spacial score (nSPS) is 20.2. The van der Waals surface area contributed by atoms with Crippen molar-refractivity contribution in [2.45, 2.75) is 76.8 Å². The van der Waals surface area contributed by atoms with Crippen molar-refractivity contribution >= 4 is 29.3 Å². The van der Waals surface area contributed by atoms with E-state index in [2.05, 4.69) is 43.0 Å². The number of carbonyl (C=O) groups excluding carboxylic acids is 4. The third-order valence-electron chi connectivity index (χ3n) is 10.3. The van der Waals surface area contributed by atoms with Crippen LogP contribution in [0.3, 0.4) is 0 Å². The first-order chi connectivity index (χ1) is 25.7. The molecule has 0 spiro atoms. The number of hydrogen-bond donors (Lipinski definition) is 3. The first-order valence-corrected chi connectivity index (χ1v) is 18.2. The summed E-state index contributed by atoms with van der Waals surface area (Å²) in [5, 5.41) is 15.0. The van der Waals surface area contributed by atoms with Crippen molar-refractivity contribution in [3.8, 4) is 5.88 Å². The molecule has 54 heavy (non-hydrogen) atoms. The predicted octanol–water partition coefficient (Wildman–Crippen LogP) is 5.01. The third kappa shape index (κ3) is 10.4. The Morgan fingerprint density at radius 3 is 2.31 bits per heavy atom. The molecule has 0 radical (unpaired) electrons. The number of benzene rings is 1. The quantitative estimate of drug-likeness (QED) is 0.181. The zero-order valence-corrected chi connectivity index (χ0v) is 31.7. The number of nitrogens with zero attached hydrogens (tertiary/aromatic N) is 5. The van der Waals surface area contributed by atoms with E-state index in [1.807, 2.05) is 14.0 Å². The fraction of sp³-hybridized carbons (Fsp3) is 0.553. The van der Waals surface area contributed by atoms with Crippen molar-refractivity contribution in [1.29, 1.82) is 0 Å². The number of nitrogens with one attached hydrogen (secondary N) is 3. The molecule has 3 N–H and O–H groups in total. The second-order valence-electron chi connectivity index (χ2n) is 14.1. The highest BCUT2D eigenvalue weighted by atomic mass is 19.3. The molecule has 294 valence electrons. The zero-order chi connectivity index (χ0) is 39.6. The SMILES string of the molecule is CC[C@@H](c1ccc(NC(=O)[C@@H](NC(=O)C(F)(F)c2ccc(OC)nc2)C2CCC(C)CC2)c(F)c1)C(NC(=O)/C(C)=C/N=N\C)C(=O)N1CCN(C)CC1. The molecule has 1 saturated heterocycles. The Kier molecular flexibility index (Phi) is 14.7. The lowest BCUT2D eigenvalue weighted by Gasteiger charge is -2.37. The number of rotatable bonds is 14. The van der Waals surface area contributed by atoms with Crippen molar-refractivity contribution in [1.82, 2.24) is 25.4 Å². The van der Waals surface area contributed by atoms with E-state index in [1.54, 1.807) is 17.9 Å². The number of azo groups is 1. The zero-order valence-electron chi connectivity index (χ0n) is 31.7. The highest BCUT2D eigenvalue weighted by Crippen LogP contribution is 2.34. The summed E-state index contributed by atoms with van der Waals surface area (Å²) in [6.07, 6.45) is 4.92. The molecule has 2 aromatic rings. The van der Waals surface area contributed by atoms with Crippen LogP contribution >= 0.6 is 0 Å². The molecule has 1 aromatic heterocycles. The molecule has 4 amide bonds. The van der Waals surface area contributed by atoms with Gasteiger partial charge in [0.25, 0.3) is 5.91 Å². The number of piperazine rings is 1. The second kappa shape index (κ2) is 18.9. The number of pyridine rings is 1. The lowest BCUT2D eigenvalue weighted by Crippen LogP contribution is -2.56. The summed E-state index contributed by atoms with van der Waals surface area (Å²) < 4.78 is 51.6. The number of likely N-dealkylation sites (N-methyl/N-ethyl adjacent to an activating group) is 1. The van der Waals surface area contributed by atoms with Crippen LogP contribution in [0.1, 0.15) is 69.9 Å². The summed E-state index contributed by atoms with van der Waals surface area (Å²) in [5.74, 6) is -8.91. The number of hydrogen-bond acceptors (Lipinski definition) is 9. The van der Waals surface area contributed by atoms with E-state index in [1.165, 1.54) is 38.6 Å². The highest BCUT2D eigenvalue weighted by molar-refractivity contribution is 5.99. The maximum absolute atomic E-state index is 15.9. The number of methoxy groups -OCH3 is 1. The molecule has 3 atom stereocenters. The summed E-state index contributed by atoms with van der Waals surface area (Å²) >= 11 is 0. The van der Waals surface area contributed by atoms with E-state index in [0.717, 1.165) is 25.1 Å². The van der Waals surface area contributed by atoms with Gasteiger partial charge in [0.1, 0.15) is 17.9 Å². The lowest BCUT2D eigenvalue weighted by atomic mass is 9.79. The van der Waals surface area contributed by atoms with E-state index < -0.39 is 58.9 Å². The van der Waals surface area contributed by atoms with Gasteiger partial charge >= 0.3 is 5.92 Å². The van der Waals surface area contributed by atoms with E-state index in [-0.39, 0.29) is 23.0 Å². The molecular weight excluding hydrogens is 705 g/mol. The van der Waals surface area contributed by atoms with Crippen LogP contribution < -0.4 is 20.7 Å². The Bertz CT molecular complexity index is 1690. The van der Waals surface area contributed by atoms with Gasteiger partial charge in [-0.05, 0) is 68.8 Å². The Balaban J connectivity index is 1.59. The maximum atomic E-state index is 15.9. The van der Waals surface area contributed by atoms with Crippen molar-refractivity contribution in [3.63, 3.8) is 0 Å². The van der Waals surface area contributed by atoms with Crippen LogP contribution in [0, 0.1) is 17.7 Å². The van der Waals surface area contributed by atoms with Crippen LogP contribution in [0.4, 0.5) is 18.9 Å². The van der Waals surface area contributed by atoms with Gasteiger partial charge in [0.2, 0.25) is 23.6 Å². The fourth-order valence-electron chi connectivity index (χ4n) is 6.82. The van der Waals surface area contributed by atoms with Gasteiger partial charge < -0.3 is 30.5 Å². The van der Waals surface area contributed by atoms with E-state index in [9.17, 15) is 19.2 Å². The Hall–Kier alpha value is -4.86. The molecule has 2 fully saturated rings. The smallest absolute Gasteiger partial charge is 0.351 e. The fourth-order valence-corrected chi connectivity index (χ4v) is 6.82. The number of ether oxygens (including phenoxy) is 1. The van der Waals surface area contributed by atoms with Gasteiger partial charge in [-0.3, -0.25) is 19.2 Å². The van der Waals surface area contributed by atoms with Crippen molar-refractivity contribution in [2.75, 3.05) is 52.7 Å². The molecule has 13 nitrogen and oxygen atoms in total. The minimum absolute atomic E-state index is 0.0892. The Morgan fingerprint density at radius 2 is 1.74 bits per heavy atom. The molecule has 1 aliphatic heterocycles. The number of anilines is 1. The predicted molar refractivity (Wildman–Crippen MR) is 196 cm³/mol. The summed E-state index contributed by atoms with van der Waals surface area (Å²) in [6.45, 7) is 7.63. The Morgan fingerprint density at radius 1 is 1.06 bits per heavy atom. The van der Waals surface area contributed by atoms with E-state index >= 15 is 13.2 Å². The van der Waals surface area contributed by atoms with Gasteiger partial charge in [0.05, 0.1) is 19.0 Å². The first-order valence-electron chi connectivity index (χ1n) is 18.2. The third-order valence-corrected chi connectivity index (χ3v) is 10.3. The van der Waals surface area contributed by atoms with Crippen LogP contribution in [-0.4, -0.2) is 97.9 Å². The number of alkyl halides is 2. The van der Waals surface area contributed by atoms with Crippen molar-refractivity contribution < 1.29 is 37.1 Å². The van der Waals surface area contributed by atoms with Crippen molar-refractivity contribution in [2.24, 2.45) is 22.1 Å². The number of halogens is 3. The minimum Gasteiger partial charge on any atom is -0.481 e. The molecule has 1 aromatic carbocycles. The molecular formula is C38H51F3N8O5. The monoisotopic (exact) mass is 756 g/mol. The summed E-state index contributed by atoms with van der Waals surface area (Å²) in [5.41, 5.74) is -0.289. The van der Waals surface area contributed by atoms with Crippen molar-refractivity contribution in [3.05, 3.63) is 65.2 Å². The van der Waals surface area contributed by atoms with Crippen LogP contribution in [0.5, 0.6) is 5.88 Å². The van der Waals surface area contributed by atoms with Gasteiger partial charge in [0, 0.05) is 62.5 Å². The number of amides is 4. The van der Waals surface area contributed by atoms with E-state index in [0.29, 0.717) is 56.9 Å². The first kappa shape index (κ1) is 41.9. The molecule has 1 saturated carbocycles. The van der Waals surface area contributed by atoms with Crippen LogP contribution in [0.15, 0.2) is 58.5 Å². The molecule has 1 unspecified atom stereocenters. The molecule has 2 heterocycles. The average Bonchev–Trinajstić information content (AvgIpc) is 3.17. The minimum atomic E-state index is -4.02. The van der Waals surface area contributed by atoms with Gasteiger partial charge in [-0.25, -0.2) is 9.37 Å². The van der Waals surface area contributed by atoms with Crippen LogP contribution in [0.2, 0.25) is 0 Å². The Labute approximate surface area is 314 Å². The number of aromatic nitrogens is 1.